The van der Waals surface area contributed by atoms with Gasteiger partial charge in [-0.2, -0.15) is 0 Å². The fourth-order valence-corrected chi connectivity index (χ4v) is 3.69. The Balaban J connectivity index is 1.72. The van der Waals surface area contributed by atoms with E-state index in [4.69, 9.17) is 11.5 Å². The molecule has 0 aliphatic carbocycles. The van der Waals surface area contributed by atoms with E-state index in [1.807, 2.05) is 93.6 Å². The first-order valence-corrected chi connectivity index (χ1v) is 11.9. The maximum absolute atomic E-state index is 12.9. The van der Waals surface area contributed by atoms with E-state index in [0.717, 1.165) is 22.4 Å². The Bertz CT molecular complexity index is 1050. The number of aromatic nitrogens is 1. The van der Waals surface area contributed by atoms with Gasteiger partial charge in [0.25, 0.3) is 5.91 Å². The van der Waals surface area contributed by atoms with Gasteiger partial charge >= 0.3 is 0 Å². The van der Waals surface area contributed by atoms with Crippen molar-refractivity contribution in [3.8, 4) is 11.3 Å². The lowest BCUT2D eigenvalue weighted by molar-refractivity contribution is -0.130. The van der Waals surface area contributed by atoms with E-state index >= 15 is 0 Å². The molecule has 3 rings (SSSR count). The minimum atomic E-state index is -0.853. The number of amides is 1. The smallest absolute Gasteiger partial charge is 0.251 e. The number of hydrogen-bond donors (Lipinski definition) is 4. The Labute approximate surface area is 208 Å². The number of hydrazine groups is 1. The van der Waals surface area contributed by atoms with Gasteiger partial charge in [-0.3, -0.25) is 15.2 Å². The fourth-order valence-electron chi connectivity index (χ4n) is 3.69. The highest BCUT2D eigenvalue weighted by atomic mass is 16.3. The van der Waals surface area contributed by atoms with Crippen molar-refractivity contribution in [1.82, 2.24) is 15.4 Å². The van der Waals surface area contributed by atoms with Crippen LogP contribution in [-0.4, -0.2) is 45.7 Å². The molecule has 3 atom stereocenters. The standard InChI is InChI=1S/C28H37N5O2/c1-28(2,3)26(30)27(35)32-33(19-25(34)23(29)17-20-9-5-4-6-10-20)18-21-12-14-22(15-13-21)24-11-7-8-16-31-24/h4-16,23,25-26,34H,17-19,29-30H2,1-3H3,(H,32,35)/t23-,25-,26-/m0/s1. The summed E-state index contributed by atoms with van der Waals surface area (Å²) in [6, 6.07) is 22.4. The third-order valence-electron chi connectivity index (χ3n) is 5.99. The predicted octanol–water partition coefficient (Wildman–Crippen LogP) is 2.89. The molecule has 35 heavy (non-hydrogen) atoms. The average molecular weight is 476 g/mol. The monoisotopic (exact) mass is 475 g/mol. The minimum Gasteiger partial charge on any atom is -0.390 e. The molecular weight excluding hydrogens is 438 g/mol. The lowest BCUT2D eigenvalue weighted by Gasteiger charge is -2.32. The number of nitrogens with two attached hydrogens (primary N) is 2. The van der Waals surface area contributed by atoms with Crippen molar-refractivity contribution in [1.29, 1.82) is 0 Å². The first kappa shape index (κ1) is 26.5. The van der Waals surface area contributed by atoms with E-state index in [2.05, 4.69) is 10.4 Å². The van der Waals surface area contributed by atoms with Gasteiger partial charge in [0.15, 0.2) is 0 Å². The van der Waals surface area contributed by atoms with Gasteiger partial charge in [-0.25, -0.2) is 5.01 Å². The van der Waals surface area contributed by atoms with Gasteiger partial charge in [-0.05, 0) is 35.1 Å². The second kappa shape index (κ2) is 12.0. The molecule has 0 bridgehead atoms. The van der Waals surface area contributed by atoms with E-state index in [1.165, 1.54) is 0 Å². The van der Waals surface area contributed by atoms with Crippen molar-refractivity contribution in [2.45, 2.75) is 51.9 Å². The summed E-state index contributed by atoms with van der Waals surface area (Å²) in [5.74, 6) is -0.300. The lowest BCUT2D eigenvalue weighted by atomic mass is 9.87. The van der Waals surface area contributed by atoms with Crippen LogP contribution in [0.15, 0.2) is 79.0 Å². The molecule has 0 saturated carbocycles. The van der Waals surface area contributed by atoms with Crippen molar-refractivity contribution >= 4 is 5.91 Å². The van der Waals surface area contributed by atoms with Gasteiger partial charge in [0, 0.05) is 30.9 Å². The van der Waals surface area contributed by atoms with Crippen LogP contribution < -0.4 is 16.9 Å². The van der Waals surface area contributed by atoms with Crippen LogP contribution in [0.25, 0.3) is 11.3 Å². The van der Waals surface area contributed by atoms with Crippen LogP contribution in [0.3, 0.4) is 0 Å². The number of aliphatic hydroxyl groups is 1. The molecule has 186 valence electrons. The molecule has 0 spiro atoms. The van der Waals surface area contributed by atoms with E-state index < -0.39 is 23.6 Å². The van der Waals surface area contributed by atoms with E-state index in [9.17, 15) is 9.90 Å². The number of aliphatic hydroxyl groups excluding tert-OH is 1. The molecule has 6 N–H and O–H groups in total. The SMILES string of the molecule is CC(C)(C)[C@@H](N)C(=O)NN(Cc1ccc(-c2ccccn2)cc1)C[C@H](O)[C@@H](N)Cc1ccccc1. The number of nitrogens with one attached hydrogen (secondary N) is 1. The summed E-state index contributed by atoms with van der Waals surface area (Å²) in [5.41, 5.74) is 18.9. The highest BCUT2D eigenvalue weighted by molar-refractivity contribution is 5.81. The Morgan fingerprint density at radius 2 is 1.63 bits per heavy atom. The Kier molecular flexibility index (Phi) is 9.12. The second-order valence-electron chi connectivity index (χ2n) is 10.0. The summed E-state index contributed by atoms with van der Waals surface area (Å²) in [6.07, 6.45) is 1.44. The van der Waals surface area contributed by atoms with Crippen LogP contribution in [0.5, 0.6) is 0 Å². The van der Waals surface area contributed by atoms with Gasteiger partial charge < -0.3 is 16.6 Å². The largest absolute Gasteiger partial charge is 0.390 e. The number of pyridine rings is 1. The van der Waals surface area contributed by atoms with Crippen molar-refractivity contribution in [3.05, 3.63) is 90.1 Å². The quantitative estimate of drug-likeness (QED) is 0.335. The number of carbonyl (C=O) groups excluding carboxylic acids is 1. The molecule has 0 fully saturated rings. The highest BCUT2D eigenvalue weighted by Gasteiger charge is 2.29. The Morgan fingerprint density at radius 3 is 2.23 bits per heavy atom. The maximum Gasteiger partial charge on any atom is 0.251 e. The van der Waals surface area contributed by atoms with E-state index in [0.29, 0.717) is 13.0 Å². The van der Waals surface area contributed by atoms with Gasteiger partial charge in [0.2, 0.25) is 0 Å². The first-order valence-electron chi connectivity index (χ1n) is 11.9. The third kappa shape index (κ3) is 7.97. The summed E-state index contributed by atoms with van der Waals surface area (Å²) in [5, 5.41) is 12.6. The van der Waals surface area contributed by atoms with Crippen molar-refractivity contribution in [2.24, 2.45) is 16.9 Å². The first-order chi connectivity index (χ1) is 16.6. The Hall–Kier alpha value is -3.10. The molecule has 7 heteroatoms. The molecule has 1 aromatic heterocycles. The zero-order chi connectivity index (χ0) is 25.4. The van der Waals surface area contributed by atoms with Crippen LogP contribution in [0.4, 0.5) is 0 Å². The topological polar surface area (TPSA) is 118 Å². The lowest BCUT2D eigenvalue weighted by Crippen LogP contribution is -2.56. The van der Waals surface area contributed by atoms with Gasteiger partial charge in [-0.1, -0.05) is 81.4 Å². The molecule has 2 aromatic carbocycles. The van der Waals surface area contributed by atoms with Gasteiger partial charge in [-0.15, -0.1) is 0 Å². The summed E-state index contributed by atoms with van der Waals surface area (Å²) >= 11 is 0. The van der Waals surface area contributed by atoms with Crippen molar-refractivity contribution < 1.29 is 9.90 Å². The number of hydrogen-bond acceptors (Lipinski definition) is 6. The summed E-state index contributed by atoms with van der Waals surface area (Å²) in [7, 11) is 0. The minimum absolute atomic E-state index is 0.165. The van der Waals surface area contributed by atoms with Crippen LogP contribution in [0.2, 0.25) is 0 Å². The predicted molar refractivity (Wildman–Crippen MR) is 140 cm³/mol. The number of nitrogens with zero attached hydrogens (tertiary/aromatic N) is 2. The summed E-state index contributed by atoms with van der Waals surface area (Å²) < 4.78 is 0. The zero-order valence-electron chi connectivity index (χ0n) is 20.8. The van der Waals surface area contributed by atoms with E-state index in [1.54, 1.807) is 11.2 Å². The summed E-state index contributed by atoms with van der Waals surface area (Å²) in [6.45, 7) is 6.31. The zero-order valence-corrected chi connectivity index (χ0v) is 20.8. The van der Waals surface area contributed by atoms with Gasteiger partial charge in [0.1, 0.15) is 0 Å². The third-order valence-corrected chi connectivity index (χ3v) is 5.99. The molecule has 1 heterocycles. The number of carbonyl (C=O) groups is 1. The second-order valence-corrected chi connectivity index (χ2v) is 10.0. The van der Waals surface area contributed by atoms with E-state index in [-0.39, 0.29) is 12.5 Å². The summed E-state index contributed by atoms with van der Waals surface area (Å²) in [4.78, 5) is 17.3. The molecule has 0 aliphatic rings. The van der Waals surface area contributed by atoms with Crippen LogP contribution in [-0.2, 0) is 17.8 Å². The number of rotatable bonds is 10. The normalized spacial score (nSPS) is 14.4. The van der Waals surface area contributed by atoms with Crippen LogP contribution in [0, 0.1) is 5.41 Å². The average Bonchev–Trinajstić information content (AvgIpc) is 2.84. The molecule has 1 amide bonds. The fraction of sp³-hybridized carbons (Fsp3) is 0.357. The van der Waals surface area contributed by atoms with Crippen LogP contribution in [0.1, 0.15) is 31.9 Å². The molecule has 7 nitrogen and oxygen atoms in total. The van der Waals surface area contributed by atoms with Gasteiger partial charge in [0.05, 0.1) is 17.8 Å². The molecular formula is C28H37N5O2. The molecule has 0 saturated heterocycles. The van der Waals surface area contributed by atoms with Crippen molar-refractivity contribution in [2.75, 3.05) is 6.54 Å². The van der Waals surface area contributed by atoms with Crippen molar-refractivity contribution in [3.63, 3.8) is 0 Å². The molecule has 0 radical (unpaired) electrons. The van der Waals surface area contributed by atoms with Crippen LogP contribution >= 0.6 is 0 Å². The molecule has 0 unspecified atom stereocenters. The highest BCUT2D eigenvalue weighted by Crippen LogP contribution is 2.19. The molecule has 0 aliphatic heterocycles. The molecule has 3 aromatic rings. The number of benzene rings is 2. The maximum atomic E-state index is 12.9. The Morgan fingerprint density at radius 1 is 0.971 bits per heavy atom.